The first-order chi connectivity index (χ1) is 14.3. The monoisotopic (exact) mass is 423 g/mol. The molecule has 0 heterocycles. The number of benzene rings is 2. The van der Waals surface area contributed by atoms with Crippen LogP contribution in [-0.4, -0.2) is 24.8 Å². The second kappa shape index (κ2) is 12.3. The van der Waals surface area contributed by atoms with E-state index < -0.39 is 24.0 Å². The lowest BCUT2D eigenvalue weighted by atomic mass is 10.1. The topological polar surface area (TPSA) is 91.0 Å². The van der Waals surface area contributed by atoms with Crippen molar-refractivity contribution in [2.75, 3.05) is 13.7 Å². The number of hydrogen-bond acceptors (Lipinski definition) is 5. The second-order valence-electron chi connectivity index (χ2n) is 5.76. The van der Waals surface area contributed by atoms with E-state index in [1.807, 2.05) is 13.8 Å². The highest BCUT2D eigenvalue weighted by atomic mass is 19.1. The Morgan fingerprint density at radius 3 is 2.30 bits per heavy atom. The van der Waals surface area contributed by atoms with Gasteiger partial charge < -0.3 is 25.1 Å². The molecule has 3 N–H and O–H groups in total. The maximum atomic E-state index is 14.5. The van der Waals surface area contributed by atoms with Crippen molar-refractivity contribution in [1.29, 1.82) is 0 Å². The fourth-order valence-corrected chi connectivity index (χ4v) is 2.48. The van der Waals surface area contributed by atoms with Crippen LogP contribution in [0.1, 0.15) is 38.3 Å². The highest BCUT2D eigenvalue weighted by Crippen LogP contribution is 2.35. The molecule has 0 amide bonds. The Kier molecular flexibility index (Phi) is 10.2. The van der Waals surface area contributed by atoms with E-state index in [0.717, 1.165) is 6.07 Å². The molecule has 0 bridgehead atoms. The van der Waals surface area contributed by atoms with Gasteiger partial charge in [0.05, 0.1) is 25.8 Å². The predicted molar refractivity (Wildman–Crippen MR) is 110 cm³/mol. The maximum absolute atomic E-state index is 14.5. The molecule has 0 unspecified atom stereocenters. The Balaban J connectivity index is 0.00000218. The number of carboxylic acid groups (broad SMARTS) is 1. The Hall–Kier alpha value is -3.29. The van der Waals surface area contributed by atoms with Crippen molar-refractivity contribution in [3.8, 4) is 11.5 Å². The van der Waals surface area contributed by atoms with E-state index in [2.05, 4.69) is 0 Å². The van der Waals surface area contributed by atoms with Gasteiger partial charge in [-0.05, 0) is 36.8 Å². The Morgan fingerprint density at radius 1 is 1.13 bits per heavy atom. The van der Waals surface area contributed by atoms with E-state index in [1.54, 1.807) is 6.92 Å². The second-order valence-corrected chi connectivity index (χ2v) is 5.76. The van der Waals surface area contributed by atoms with Gasteiger partial charge in [0.25, 0.3) is 0 Å². The van der Waals surface area contributed by atoms with Gasteiger partial charge >= 0.3 is 5.97 Å². The van der Waals surface area contributed by atoms with Crippen LogP contribution < -0.4 is 15.2 Å². The van der Waals surface area contributed by atoms with Crippen LogP contribution in [0.5, 0.6) is 11.5 Å². The van der Waals surface area contributed by atoms with E-state index >= 15 is 0 Å². The van der Waals surface area contributed by atoms with Gasteiger partial charge in [-0.2, -0.15) is 0 Å². The average Bonchev–Trinajstić information content (AvgIpc) is 2.72. The SMILES string of the molecule is CC.CCOc1c(F)cc(/C(OCc2ccc(F)cc2)=C(/N)CC(=O)O)cc1OC. The molecule has 0 aromatic heterocycles. The third-order valence-electron chi connectivity index (χ3n) is 3.71. The summed E-state index contributed by atoms with van der Waals surface area (Å²) in [7, 11) is 1.35. The number of carbonyl (C=O) groups is 1. The number of rotatable bonds is 9. The van der Waals surface area contributed by atoms with Crippen LogP contribution in [0.3, 0.4) is 0 Å². The summed E-state index contributed by atoms with van der Waals surface area (Å²) in [6.45, 7) is 5.92. The minimum absolute atomic E-state index is 0.00743. The summed E-state index contributed by atoms with van der Waals surface area (Å²) in [5, 5.41) is 9.03. The lowest BCUT2D eigenvalue weighted by Gasteiger charge is -2.17. The normalized spacial score (nSPS) is 11.0. The molecular weight excluding hydrogens is 396 g/mol. The van der Waals surface area contributed by atoms with Crippen molar-refractivity contribution in [3.63, 3.8) is 0 Å². The molecule has 0 aliphatic rings. The Morgan fingerprint density at radius 2 is 1.77 bits per heavy atom. The summed E-state index contributed by atoms with van der Waals surface area (Å²) in [6.07, 6.45) is -0.504. The van der Waals surface area contributed by atoms with Crippen molar-refractivity contribution in [2.45, 2.75) is 33.8 Å². The molecule has 0 radical (unpaired) electrons. The first-order valence-electron chi connectivity index (χ1n) is 9.44. The van der Waals surface area contributed by atoms with Gasteiger partial charge in [-0.15, -0.1) is 0 Å². The van der Waals surface area contributed by atoms with Crippen LogP contribution in [-0.2, 0) is 16.1 Å². The van der Waals surface area contributed by atoms with Crippen LogP contribution in [0.2, 0.25) is 0 Å². The fraction of sp³-hybridized carbons (Fsp3) is 0.318. The lowest BCUT2D eigenvalue weighted by molar-refractivity contribution is -0.136. The summed E-state index contributed by atoms with van der Waals surface area (Å²) in [4.78, 5) is 11.1. The van der Waals surface area contributed by atoms with Crippen molar-refractivity contribution < 1.29 is 32.9 Å². The highest BCUT2D eigenvalue weighted by molar-refractivity contribution is 5.75. The third-order valence-corrected chi connectivity index (χ3v) is 3.71. The Labute approximate surface area is 174 Å². The molecule has 0 aliphatic carbocycles. The summed E-state index contributed by atoms with van der Waals surface area (Å²) in [6, 6.07) is 8.13. The number of ether oxygens (including phenoxy) is 3. The zero-order valence-corrected chi connectivity index (χ0v) is 17.5. The summed E-state index contributed by atoms with van der Waals surface area (Å²) >= 11 is 0. The quantitative estimate of drug-likeness (QED) is 0.567. The van der Waals surface area contributed by atoms with Crippen LogP contribution in [0.15, 0.2) is 42.1 Å². The molecule has 2 aromatic rings. The molecule has 2 aromatic carbocycles. The number of carboxylic acids is 1. The lowest BCUT2D eigenvalue weighted by Crippen LogP contribution is -2.11. The van der Waals surface area contributed by atoms with E-state index in [0.29, 0.717) is 5.56 Å². The standard InChI is InChI=1S/C20H21F2NO5.C2H6/c1-3-27-20-15(22)8-13(9-17(20)26-2)19(16(23)10-18(24)25)28-11-12-4-6-14(21)7-5-12;1-2/h4-9H,3,10-11,23H2,1-2H3,(H,24,25);1-2H3/b19-16-;. The van der Waals surface area contributed by atoms with Crippen LogP contribution in [0.25, 0.3) is 5.76 Å². The van der Waals surface area contributed by atoms with Gasteiger partial charge in [0, 0.05) is 5.56 Å². The molecule has 0 atom stereocenters. The molecule has 164 valence electrons. The average molecular weight is 423 g/mol. The molecule has 0 spiro atoms. The fourth-order valence-electron chi connectivity index (χ4n) is 2.48. The van der Waals surface area contributed by atoms with Crippen molar-refractivity contribution >= 4 is 11.7 Å². The Bertz CT molecular complexity index is 867. The number of methoxy groups -OCH3 is 1. The molecule has 0 aliphatic heterocycles. The minimum atomic E-state index is -1.17. The molecule has 0 saturated heterocycles. The van der Waals surface area contributed by atoms with Gasteiger partial charge in [0.1, 0.15) is 18.2 Å². The van der Waals surface area contributed by atoms with E-state index in [1.165, 1.54) is 37.4 Å². The van der Waals surface area contributed by atoms with Gasteiger partial charge in [0.2, 0.25) is 0 Å². The van der Waals surface area contributed by atoms with E-state index in [4.69, 9.17) is 25.1 Å². The van der Waals surface area contributed by atoms with Crippen LogP contribution in [0.4, 0.5) is 8.78 Å². The van der Waals surface area contributed by atoms with E-state index in [9.17, 15) is 13.6 Å². The van der Waals surface area contributed by atoms with Crippen molar-refractivity contribution in [3.05, 3.63) is 64.9 Å². The summed E-state index contributed by atoms with van der Waals surface area (Å²) in [5.74, 6) is -2.23. The number of halogens is 2. The van der Waals surface area contributed by atoms with Crippen LogP contribution >= 0.6 is 0 Å². The molecule has 8 heteroatoms. The van der Waals surface area contributed by atoms with Crippen LogP contribution in [0, 0.1) is 11.6 Å². The number of nitrogens with two attached hydrogens (primary N) is 1. The molecule has 2 rings (SSSR count). The zero-order chi connectivity index (χ0) is 22.7. The molecule has 0 fully saturated rings. The molecular formula is C22H27F2NO5. The number of aliphatic carboxylic acids is 1. The van der Waals surface area contributed by atoms with E-state index in [-0.39, 0.29) is 41.7 Å². The van der Waals surface area contributed by atoms with Crippen molar-refractivity contribution in [2.24, 2.45) is 5.73 Å². The van der Waals surface area contributed by atoms with Gasteiger partial charge in [-0.25, -0.2) is 8.78 Å². The minimum Gasteiger partial charge on any atom is -0.493 e. The largest absolute Gasteiger partial charge is 0.493 e. The van der Waals surface area contributed by atoms with Gasteiger partial charge in [-0.3, -0.25) is 4.79 Å². The summed E-state index contributed by atoms with van der Waals surface area (Å²) < 4.78 is 43.6. The number of hydrogen-bond donors (Lipinski definition) is 2. The zero-order valence-electron chi connectivity index (χ0n) is 17.5. The third kappa shape index (κ3) is 6.95. The summed E-state index contributed by atoms with van der Waals surface area (Å²) in [5.41, 5.74) is 6.62. The first-order valence-corrected chi connectivity index (χ1v) is 9.44. The van der Waals surface area contributed by atoms with Gasteiger partial charge in [0.15, 0.2) is 17.3 Å². The predicted octanol–water partition coefficient (Wildman–Crippen LogP) is 4.72. The smallest absolute Gasteiger partial charge is 0.309 e. The molecule has 6 nitrogen and oxygen atoms in total. The molecule has 30 heavy (non-hydrogen) atoms. The maximum Gasteiger partial charge on any atom is 0.309 e. The highest BCUT2D eigenvalue weighted by Gasteiger charge is 2.19. The van der Waals surface area contributed by atoms with Gasteiger partial charge in [-0.1, -0.05) is 26.0 Å². The first kappa shape index (κ1) is 24.7. The van der Waals surface area contributed by atoms with Crippen molar-refractivity contribution in [1.82, 2.24) is 0 Å². The molecule has 0 saturated carbocycles.